The second-order valence-corrected chi connectivity index (χ2v) is 3.39. The van der Waals surface area contributed by atoms with E-state index in [1.165, 1.54) is 0 Å². The van der Waals surface area contributed by atoms with Crippen molar-refractivity contribution in [1.82, 2.24) is 0 Å². The SMILES string of the molecule is O=[N+]([O-])c1cc(OC(F)(F)F)c(F)cc1Br. The summed E-state index contributed by atoms with van der Waals surface area (Å²) < 4.78 is 51.3. The largest absolute Gasteiger partial charge is 0.573 e. The van der Waals surface area contributed by atoms with Gasteiger partial charge in [0.05, 0.1) is 15.5 Å². The predicted molar refractivity (Wildman–Crippen MR) is 47.4 cm³/mol. The molecule has 0 unspecified atom stereocenters. The van der Waals surface area contributed by atoms with Gasteiger partial charge in [-0.25, -0.2) is 4.39 Å². The molecule has 0 radical (unpaired) electrons. The lowest BCUT2D eigenvalue weighted by atomic mass is 10.3. The summed E-state index contributed by atoms with van der Waals surface area (Å²) in [6.07, 6.45) is -5.11. The van der Waals surface area contributed by atoms with Gasteiger partial charge in [-0.15, -0.1) is 13.2 Å². The van der Waals surface area contributed by atoms with Gasteiger partial charge in [0, 0.05) is 0 Å². The quantitative estimate of drug-likeness (QED) is 0.478. The van der Waals surface area contributed by atoms with Gasteiger partial charge >= 0.3 is 6.36 Å². The van der Waals surface area contributed by atoms with Crippen LogP contribution in [0.1, 0.15) is 0 Å². The Hall–Kier alpha value is -1.38. The highest BCUT2D eigenvalue weighted by atomic mass is 79.9. The minimum absolute atomic E-state index is 0.274. The normalized spacial score (nSPS) is 11.3. The van der Waals surface area contributed by atoms with E-state index < -0.39 is 28.5 Å². The number of hydrogen-bond acceptors (Lipinski definition) is 3. The van der Waals surface area contributed by atoms with Crippen molar-refractivity contribution >= 4 is 21.6 Å². The molecule has 0 saturated carbocycles. The molecule has 1 aromatic rings. The van der Waals surface area contributed by atoms with Crippen LogP contribution in [0.2, 0.25) is 0 Å². The maximum atomic E-state index is 12.9. The van der Waals surface area contributed by atoms with Gasteiger partial charge in [-0.3, -0.25) is 10.1 Å². The molecule has 0 aliphatic rings. The summed E-state index contributed by atoms with van der Waals surface area (Å²) in [7, 11) is 0. The summed E-state index contributed by atoms with van der Waals surface area (Å²) in [6, 6.07) is 0.881. The average Bonchev–Trinajstić information content (AvgIpc) is 2.07. The third-order valence-corrected chi connectivity index (χ3v) is 2.06. The molecule has 9 heteroatoms. The molecule has 0 atom stereocenters. The van der Waals surface area contributed by atoms with Crippen LogP contribution in [0.3, 0.4) is 0 Å². The highest BCUT2D eigenvalue weighted by Gasteiger charge is 2.33. The van der Waals surface area contributed by atoms with Crippen molar-refractivity contribution < 1.29 is 27.2 Å². The Kier molecular flexibility index (Phi) is 3.36. The lowest BCUT2D eigenvalue weighted by molar-refractivity contribution is -0.386. The number of nitro benzene ring substituents is 1. The zero-order valence-corrected chi connectivity index (χ0v) is 8.80. The van der Waals surface area contributed by atoms with E-state index in [1.807, 2.05) is 0 Å². The van der Waals surface area contributed by atoms with Gasteiger partial charge < -0.3 is 4.74 Å². The summed E-state index contributed by atoms with van der Waals surface area (Å²) >= 11 is 2.64. The first kappa shape index (κ1) is 12.7. The zero-order valence-electron chi connectivity index (χ0n) is 7.22. The van der Waals surface area contributed by atoms with E-state index in [9.17, 15) is 27.7 Å². The molecule has 88 valence electrons. The van der Waals surface area contributed by atoms with Crippen molar-refractivity contribution in [2.24, 2.45) is 0 Å². The smallest absolute Gasteiger partial charge is 0.402 e. The molecule has 0 aliphatic heterocycles. The van der Waals surface area contributed by atoms with Gasteiger partial charge in [0.15, 0.2) is 11.6 Å². The molecular formula is C7H2BrF4NO3. The van der Waals surface area contributed by atoms with Crippen LogP contribution in [0, 0.1) is 15.9 Å². The summed E-state index contributed by atoms with van der Waals surface area (Å²) in [4.78, 5) is 9.40. The van der Waals surface area contributed by atoms with Crippen molar-refractivity contribution in [2.45, 2.75) is 6.36 Å². The van der Waals surface area contributed by atoms with Gasteiger partial charge in [-0.2, -0.15) is 0 Å². The van der Waals surface area contributed by atoms with Crippen LogP contribution >= 0.6 is 15.9 Å². The number of halogens is 5. The van der Waals surface area contributed by atoms with Crippen LogP contribution in [-0.2, 0) is 0 Å². The first-order valence-corrected chi connectivity index (χ1v) is 4.39. The summed E-state index contributed by atoms with van der Waals surface area (Å²) in [5, 5.41) is 10.4. The Balaban J connectivity index is 3.20. The number of nitro groups is 1. The van der Waals surface area contributed by atoms with Crippen molar-refractivity contribution in [3.05, 3.63) is 32.5 Å². The van der Waals surface area contributed by atoms with Gasteiger partial charge in [0.2, 0.25) is 0 Å². The lowest BCUT2D eigenvalue weighted by Crippen LogP contribution is -2.18. The summed E-state index contributed by atoms with van der Waals surface area (Å²) in [5.41, 5.74) is -0.722. The predicted octanol–water partition coefficient (Wildman–Crippen LogP) is 3.40. The third kappa shape index (κ3) is 3.05. The van der Waals surface area contributed by atoms with E-state index in [0.29, 0.717) is 12.1 Å². The number of benzene rings is 1. The Morgan fingerprint density at radius 3 is 2.38 bits per heavy atom. The molecule has 0 saturated heterocycles. The lowest BCUT2D eigenvalue weighted by Gasteiger charge is -2.09. The molecule has 0 heterocycles. The maximum absolute atomic E-state index is 12.9. The highest BCUT2D eigenvalue weighted by molar-refractivity contribution is 9.10. The Labute approximate surface area is 94.1 Å². The standard InChI is InChI=1S/C7H2BrF4NO3/c8-3-1-4(9)6(16-7(10,11)12)2-5(3)13(14)15/h1-2H. The Morgan fingerprint density at radius 2 is 1.94 bits per heavy atom. The topological polar surface area (TPSA) is 52.4 Å². The monoisotopic (exact) mass is 303 g/mol. The summed E-state index contributed by atoms with van der Waals surface area (Å²) in [6.45, 7) is 0. The molecule has 0 aliphatic carbocycles. The van der Waals surface area contributed by atoms with E-state index in [2.05, 4.69) is 20.7 Å². The number of hydrogen-bond donors (Lipinski definition) is 0. The number of nitrogens with zero attached hydrogens (tertiary/aromatic N) is 1. The Morgan fingerprint density at radius 1 is 1.38 bits per heavy atom. The molecular weight excluding hydrogens is 302 g/mol. The fourth-order valence-corrected chi connectivity index (χ4v) is 1.32. The third-order valence-electron chi connectivity index (χ3n) is 1.42. The molecule has 4 nitrogen and oxygen atoms in total. The van der Waals surface area contributed by atoms with E-state index in [0.717, 1.165) is 0 Å². The van der Waals surface area contributed by atoms with Crippen LogP contribution in [0.5, 0.6) is 5.75 Å². The van der Waals surface area contributed by atoms with Crippen LogP contribution in [0.15, 0.2) is 16.6 Å². The highest BCUT2D eigenvalue weighted by Crippen LogP contribution is 2.34. The molecule has 0 bridgehead atoms. The molecule has 0 fully saturated rings. The van der Waals surface area contributed by atoms with E-state index in [4.69, 9.17) is 0 Å². The van der Waals surface area contributed by atoms with Gasteiger partial charge in [-0.1, -0.05) is 0 Å². The first-order chi connectivity index (χ1) is 7.20. The molecule has 0 spiro atoms. The van der Waals surface area contributed by atoms with Crippen LogP contribution in [-0.4, -0.2) is 11.3 Å². The van der Waals surface area contributed by atoms with Crippen LogP contribution in [0.4, 0.5) is 23.2 Å². The first-order valence-electron chi connectivity index (χ1n) is 3.60. The fourth-order valence-electron chi connectivity index (χ4n) is 0.861. The van der Waals surface area contributed by atoms with Crippen molar-refractivity contribution in [3.63, 3.8) is 0 Å². The summed E-state index contributed by atoms with van der Waals surface area (Å²) in [5.74, 6) is -2.60. The molecule has 0 aromatic heterocycles. The van der Waals surface area contributed by atoms with Gasteiger partial charge in [0.1, 0.15) is 0 Å². The fraction of sp³-hybridized carbons (Fsp3) is 0.143. The van der Waals surface area contributed by atoms with Crippen molar-refractivity contribution in [3.8, 4) is 5.75 Å². The molecule has 0 amide bonds. The van der Waals surface area contributed by atoms with Gasteiger partial charge in [0.25, 0.3) is 5.69 Å². The number of ether oxygens (including phenoxy) is 1. The zero-order chi connectivity index (χ0) is 12.5. The van der Waals surface area contributed by atoms with E-state index in [-0.39, 0.29) is 4.47 Å². The van der Waals surface area contributed by atoms with E-state index in [1.54, 1.807) is 0 Å². The van der Waals surface area contributed by atoms with Crippen molar-refractivity contribution in [1.29, 1.82) is 0 Å². The van der Waals surface area contributed by atoms with Crippen molar-refractivity contribution in [2.75, 3.05) is 0 Å². The second kappa shape index (κ2) is 4.24. The molecule has 1 rings (SSSR count). The minimum atomic E-state index is -5.11. The maximum Gasteiger partial charge on any atom is 0.573 e. The second-order valence-electron chi connectivity index (χ2n) is 2.54. The molecule has 1 aromatic carbocycles. The van der Waals surface area contributed by atoms with Gasteiger partial charge in [-0.05, 0) is 22.0 Å². The number of rotatable bonds is 2. The minimum Gasteiger partial charge on any atom is -0.402 e. The molecule has 16 heavy (non-hydrogen) atoms. The number of alkyl halides is 3. The average molecular weight is 304 g/mol. The van der Waals surface area contributed by atoms with E-state index >= 15 is 0 Å². The van der Waals surface area contributed by atoms with Crippen LogP contribution < -0.4 is 4.74 Å². The van der Waals surface area contributed by atoms with Crippen LogP contribution in [0.25, 0.3) is 0 Å². The molecule has 0 N–H and O–H groups in total. The Bertz CT molecular complexity index is 434.